The smallest absolute Gasteiger partial charge is 0.306 e. The Morgan fingerprint density at radius 1 is 0.466 bits per heavy atom. The van der Waals surface area contributed by atoms with Crippen molar-refractivity contribution in [3.8, 4) is 0 Å². The summed E-state index contributed by atoms with van der Waals surface area (Å²) in [5, 5.41) is 98.2. The van der Waals surface area contributed by atoms with Crippen LogP contribution in [-0.4, -0.2) is 206 Å². The number of carbonyl (C=O) groups excluding carboxylic acids is 3. The zero-order valence-electron chi connectivity index (χ0n) is 43.8. The van der Waals surface area contributed by atoms with Gasteiger partial charge in [0.15, 0.2) is 43.5 Å². The van der Waals surface area contributed by atoms with Crippen LogP contribution in [0.5, 0.6) is 0 Å². The Bertz CT molecular complexity index is 1580. The minimum absolute atomic E-state index is 0.113. The van der Waals surface area contributed by atoms with Crippen LogP contribution in [0.2, 0.25) is 0 Å². The standard InChI is InChI=1S/C51H90O22/c1-7-10-11-12-13-16-19-24-31(25-20-17-14-15-18-23-28(4)53)67-50-45(41(61)38(58)32(26-52)68-50)72-51-47(73-49-43(63)40(60)37(57)30(6)66-49)46(71-35(55)22-9-3)44(70-34(54)21-8-2)33(69-51)27-64-48-42(62)39(59)36(56)29(5)65-48/h29-33,36-52,56-63H,7-27H2,1-6H3. The van der Waals surface area contributed by atoms with Gasteiger partial charge in [-0.25, -0.2) is 0 Å². The van der Waals surface area contributed by atoms with Crippen LogP contribution in [0.15, 0.2) is 0 Å². The largest absolute Gasteiger partial charge is 0.455 e. The highest BCUT2D eigenvalue weighted by Gasteiger charge is 2.57. The molecule has 0 aliphatic carbocycles. The molecule has 0 radical (unpaired) electrons. The highest BCUT2D eigenvalue weighted by molar-refractivity contribution is 5.75. The van der Waals surface area contributed by atoms with Crippen LogP contribution >= 0.6 is 0 Å². The number of aliphatic hydroxyl groups excluding tert-OH is 9. The summed E-state index contributed by atoms with van der Waals surface area (Å²) in [5.74, 6) is -1.44. The van der Waals surface area contributed by atoms with Crippen LogP contribution in [0, 0.1) is 0 Å². The van der Waals surface area contributed by atoms with Gasteiger partial charge >= 0.3 is 11.9 Å². The van der Waals surface area contributed by atoms with E-state index in [1.165, 1.54) is 13.8 Å². The van der Waals surface area contributed by atoms with Crippen LogP contribution < -0.4 is 0 Å². The molecule has 4 saturated heterocycles. The van der Waals surface area contributed by atoms with Gasteiger partial charge in [0, 0.05) is 19.3 Å². The number of ketones is 1. The second-order valence-corrected chi connectivity index (χ2v) is 20.2. The van der Waals surface area contributed by atoms with Gasteiger partial charge in [0.2, 0.25) is 0 Å². The summed E-state index contributed by atoms with van der Waals surface area (Å²) in [7, 11) is 0. The Morgan fingerprint density at radius 2 is 0.959 bits per heavy atom. The van der Waals surface area contributed by atoms with Crippen molar-refractivity contribution in [3.63, 3.8) is 0 Å². The van der Waals surface area contributed by atoms with E-state index in [0.717, 1.165) is 77.0 Å². The summed E-state index contributed by atoms with van der Waals surface area (Å²) in [4.78, 5) is 38.6. The number of unbranched alkanes of at least 4 members (excludes halogenated alkanes) is 10. The van der Waals surface area contributed by atoms with Crippen molar-refractivity contribution in [1.29, 1.82) is 0 Å². The first kappa shape index (κ1) is 63.5. The fraction of sp³-hybridized carbons (Fsp3) is 0.941. The van der Waals surface area contributed by atoms with E-state index in [-0.39, 0.29) is 18.6 Å². The molecule has 0 saturated carbocycles. The summed E-state index contributed by atoms with van der Waals surface area (Å²) in [6.45, 7) is 8.66. The van der Waals surface area contributed by atoms with E-state index >= 15 is 0 Å². The third-order valence-corrected chi connectivity index (χ3v) is 14.0. The lowest BCUT2D eigenvalue weighted by Crippen LogP contribution is -2.68. The van der Waals surface area contributed by atoms with E-state index in [0.29, 0.717) is 32.1 Å². The molecule has 22 heteroatoms. The first-order chi connectivity index (χ1) is 34.9. The van der Waals surface area contributed by atoms with E-state index < -0.39 is 154 Å². The van der Waals surface area contributed by atoms with Crippen molar-refractivity contribution in [1.82, 2.24) is 0 Å². The zero-order valence-corrected chi connectivity index (χ0v) is 43.8. The predicted molar refractivity (Wildman–Crippen MR) is 257 cm³/mol. The van der Waals surface area contributed by atoms with Gasteiger partial charge in [0.05, 0.1) is 31.5 Å². The highest BCUT2D eigenvalue weighted by atomic mass is 16.8. The van der Waals surface area contributed by atoms with Crippen LogP contribution in [0.1, 0.15) is 164 Å². The Hall–Kier alpha value is -2.07. The number of Topliss-reactive ketones (excluding diaryl/α,β-unsaturated/α-hetero) is 1. The third kappa shape index (κ3) is 19.1. The summed E-state index contributed by atoms with van der Waals surface area (Å²) in [6, 6.07) is 0. The van der Waals surface area contributed by atoms with E-state index in [2.05, 4.69) is 6.92 Å². The van der Waals surface area contributed by atoms with Crippen LogP contribution in [-0.2, 0) is 61.8 Å². The van der Waals surface area contributed by atoms with Gasteiger partial charge in [-0.05, 0) is 52.9 Å². The lowest BCUT2D eigenvalue weighted by Gasteiger charge is -2.50. The topological polar surface area (TPSA) is 326 Å². The maximum Gasteiger partial charge on any atom is 0.306 e. The molecule has 4 fully saturated rings. The molecule has 426 valence electrons. The molecule has 21 unspecified atom stereocenters. The van der Waals surface area contributed by atoms with E-state index in [9.17, 15) is 60.3 Å². The Balaban J connectivity index is 1.77. The lowest BCUT2D eigenvalue weighted by atomic mass is 9.95. The molecule has 0 amide bonds. The van der Waals surface area contributed by atoms with Crippen molar-refractivity contribution in [3.05, 3.63) is 0 Å². The van der Waals surface area contributed by atoms with Crippen molar-refractivity contribution < 1.29 is 108 Å². The first-order valence-electron chi connectivity index (χ1n) is 27.0. The number of ether oxygens (including phenoxy) is 10. The van der Waals surface area contributed by atoms with Crippen molar-refractivity contribution in [2.24, 2.45) is 0 Å². The number of rotatable bonds is 32. The average molecular weight is 1060 g/mol. The molecular formula is C51H90O22. The van der Waals surface area contributed by atoms with E-state index in [4.69, 9.17) is 47.4 Å². The van der Waals surface area contributed by atoms with Gasteiger partial charge in [-0.3, -0.25) is 9.59 Å². The maximum absolute atomic E-state index is 13.6. The summed E-state index contributed by atoms with van der Waals surface area (Å²) in [5.41, 5.74) is 0. The molecule has 73 heavy (non-hydrogen) atoms. The molecular weight excluding hydrogens is 965 g/mol. The van der Waals surface area contributed by atoms with Gasteiger partial charge in [0.25, 0.3) is 0 Å². The van der Waals surface area contributed by atoms with Crippen molar-refractivity contribution in [2.45, 2.75) is 292 Å². The first-order valence-corrected chi connectivity index (χ1v) is 27.0. The quantitative estimate of drug-likeness (QED) is 0.0343. The summed E-state index contributed by atoms with van der Waals surface area (Å²) < 4.78 is 61.9. The minimum atomic E-state index is -1.93. The number of aliphatic hydroxyl groups is 9. The summed E-state index contributed by atoms with van der Waals surface area (Å²) >= 11 is 0. The molecule has 4 rings (SSSR count). The van der Waals surface area contributed by atoms with Gasteiger partial charge in [-0.15, -0.1) is 0 Å². The molecule has 22 nitrogen and oxygen atoms in total. The average Bonchev–Trinajstić information content (AvgIpc) is 3.35. The van der Waals surface area contributed by atoms with Crippen LogP contribution in [0.25, 0.3) is 0 Å². The number of hydrogen-bond acceptors (Lipinski definition) is 22. The Morgan fingerprint density at radius 3 is 1.51 bits per heavy atom. The number of carbonyl (C=O) groups is 3. The second kappa shape index (κ2) is 32.6. The second-order valence-electron chi connectivity index (χ2n) is 20.2. The molecule has 4 aliphatic rings. The number of hydrogen-bond donors (Lipinski definition) is 9. The zero-order chi connectivity index (χ0) is 53.8. The molecule has 0 aromatic heterocycles. The fourth-order valence-electron chi connectivity index (χ4n) is 9.53. The SMILES string of the molecule is CCCCCCCCCC(CCCCCCCC(C)=O)OC1OC(CO)C(O)C(O)C1OC1OC(COC2OC(C)C(O)C(O)C2O)C(OC(=O)CCC)C(OC(=O)CCC)C1OC1OC(C)C(O)C(O)C1O. The monoisotopic (exact) mass is 1050 g/mol. The molecule has 4 aliphatic heterocycles. The molecule has 21 atom stereocenters. The van der Waals surface area contributed by atoms with Gasteiger partial charge in [-0.2, -0.15) is 0 Å². The van der Waals surface area contributed by atoms with Crippen LogP contribution in [0.3, 0.4) is 0 Å². The molecule has 9 N–H and O–H groups in total. The molecule has 4 heterocycles. The summed E-state index contributed by atoms with van der Waals surface area (Å²) in [6.07, 6.45) is -19.5. The van der Waals surface area contributed by atoms with Gasteiger partial charge in [0.1, 0.15) is 72.9 Å². The maximum atomic E-state index is 13.6. The highest BCUT2D eigenvalue weighted by Crippen LogP contribution is 2.37. The minimum Gasteiger partial charge on any atom is -0.455 e. The van der Waals surface area contributed by atoms with Crippen molar-refractivity contribution in [2.75, 3.05) is 13.2 Å². The molecule has 0 aromatic carbocycles. The molecule has 0 bridgehead atoms. The lowest BCUT2D eigenvalue weighted by molar-refractivity contribution is -0.397. The molecule has 0 aromatic rings. The molecule has 0 spiro atoms. The van der Waals surface area contributed by atoms with E-state index in [1.54, 1.807) is 20.8 Å². The fourth-order valence-corrected chi connectivity index (χ4v) is 9.53. The van der Waals surface area contributed by atoms with Crippen LogP contribution in [0.4, 0.5) is 0 Å². The van der Waals surface area contributed by atoms with Gasteiger partial charge in [-0.1, -0.05) is 91.4 Å². The van der Waals surface area contributed by atoms with E-state index in [1.807, 2.05) is 0 Å². The van der Waals surface area contributed by atoms with Gasteiger partial charge < -0.3 is 98.1 Å². The predicted octanol–water partition coefficient (Wildman–Crippen LogP) is 1.86. The normalized spacial score (nSPS) is 37.4. The number of esters is 2. The Labute approximate surface area is 430 Å². The third-order valence-electron chi connectivity index (χ3n) is 14.0. The van der Waals surface area contributed by atoms with Crippen molar-refractivity contribution >= 4 is 17.7 Å². The Kier molecular flexibility index (Phi) is 28.4.